The number of hydrazine groups is 1. The fourth-order valence-electron chi connectivity index (χ4n) is 1.68. The molecule has 15 heavy (non-hydrogen) atoms. The summed E-state index contributed by atoms with van der Waals surface area (Å²) in [4.78, 5) is 10.2. The van der Waals surface area contributed by atoms with Crippen LogP contribution in [0, 0.1) is 6.33 Å². The van der Waals surface area contributed by atoms with E-state index in [-0.39, 0.29) is 0 Å². The number of hydrogen-bond donors (Lipinski definition) is 0. The lowest BCUT2D eigenvalue weighted by Crippen LogP contribution is -2.51. The van der Waals surface area contributed by atoms with Crippen molar-refractivity contribution in [2.75, 3.05) is 45.3 Å². The average Bonchev–Trinajstić information content (AvgIpc) is 2.30. The summed E-state index contributed by atoms with van der Waals surface area (Å²) in [5.74, 6) is 0.898. The third-order valence-electron chi connectivity index (χ3n) is 2.76. The molecule has 0 saturated carbocycles. The van der Waals surface area contributed by atoms with E-state index in [4.69, 9.17) is 0 Å². The number of nitrogens with zero attached hydrogens (tertiary/aromatic N) is 5. The minimum absolute atomic E-state index is 0.898. The molecule has 1 fully saturated rings. The molecule has 0 spiro atoms. The number of hydrogen-bond acceptors (Lipinski definition) is 5. The van der Waals surface area contributed by atoms with Gasteiger partial charge in [-0.1, -0.05) is 0 Å². The maximum Gasteiger partial charge on any atom is 0.199 e. The van der Waals surface area contributed by atoms with Crippen molar-refractivity contribution in [3.63, 3.8) is 0 Å². The minimum Gasteiger partial charge on any atom is -0.304 e. The predicted octanol–water partition coefficient (Wildman–Crippen LogP) is -0.125. The van der Waals surface area contributed by atoms with Gasteiger partial charge in [0.2, 0.25) is 0 Å². The summed E-state index contributed by atoms with van der Waals surface area (Å²) in [5.41, 5.74) is 0. The molecule has 2 heterocycles. The number of anilines is 1. The molecule has 0 aromatic carbocycles. The zero-order valence-electron chi connectivity index (χ0n) is 9.22. The van der Waals surface area contributed by atoms with Gasteiger partial charge in [-0.05, 0) is 7.05 Å². The highest BCUT2D eigenvalue weighted by atomic mass is 15.6. The third kappa shape index (κ3) is 2.43. The van der Waals surface area contributed by atoms with Gasteiger partial charge in [0.1, 0.15) is 5.82 Å². The zero-order valence-corrected chi connectivity index (χ0v) is 9.22. The number of rotatable bonds is 2. The second-order valence-electron chi connectivity index (χ2n) is 3.80. The maximum atomic E-state index is 4.11. The first-order valence-electron chi connectivity index (χ1n) is 5.13. The van der Waals surface area contributed by atoms with Crippen LogP contribution in [-0.4, -0.2) is 60.2 Å². The third-order valence-corrected chi connectivity index (χ3v) is 2.76. The molecule has 5 heteroatoms. The summed E-state index contributed by atoms with van der Waals surface area (Å²) in [5, 5.41) is 4.36. The van der Waals surface area contributed by atoms with Crippen molar-refractivity contribution in [1.82, 2.24) is 19.9 Å². The van der Waals surface area contributed by atoms with Crippen molar-refractivity contribution in [1.29, 1.82) is 0 Å². The van der Waals surface area contributed by atoms with Crippen molar-refractivity contribution in [2.24, 2.45) is 0 Å². The van der Waals surface area contributed by atoms with Gasteiger partial charge in [-0.2, -0.15) is 0 Å². The van der Waals surface area contributed by atoms with Crippen molar-refractivity contribution in [3.8, 4) is 0 Å². The van der Waals surface area contributed by atoms with Gasteiger partial charge in [0.05, 0.1) is 0 Å². The van der Waals surface area contributed by atoms with Crippen LogP contribution in [0.15, 0.2) is 12.3 Å². The Hall–Kier alpha value is -1.20. The molecule has 0 N–H and O–H groups in total. The first-order chi connectivity index (χ1) is 7.27. The van der Waals surface area contributed by atoms with E-state index in [1.165, 1.54) is 0 Å². The first-order valence-corrected chi connectivity index (χ1v) is 5.13. The van der Waals surface area contributed by atoms with E-state index in [0.717, 1.165) is 32.0 Å². The van der Waals surface area contributed by atoms with Gasteiger partial charge in [-0.25, -0.2) is 15.0 Å². The normalized spacial score (nSPS) is 19.1. The average molecular weight is 206 g/mol. The Bertz CT molecular complexity index is 294. The first kappa shape index (κ1) is 10.3. The van der Waals surface area contributed by atoms with E-state index in [1.807, 2.05) is 13.1 Å². The van der Waals surface area contributed by atoms with Crippen LogP contribution in [0.5, 0.6) is 0 Å². The molecular formula is C10H16N5. The van der Waals surface area contributed by atoms with Crippen LogP contribution >= 0.6 is 0 Å². The molecule has 2 rings (SSSR count). The second kappa shape index (κ2) is 4.55. The van der Waals surface area contributed by atoms with E-state index >= 15 is 0 Å². The van der Waals surface area contributed by atoms with Crippen LogP contribution in [0.1, 0.15) is 0 Å². The van der Waals surface area contributed by atoms with Gasteiger partial charge in [0, 0.05) is 45.5 Å². The SMILES string of the molecule is CN1CCN(N(C)c2ccn[c]n2)CC1. The molecule has 5 nitrogen and oxygen atoms in total. The fourth-order valence-corrected chi connectivity index (χ4v) is 1.68. The summed E-state index contributed by atoms with van der Waals surface area (Å²) < 4.78 is 0. The Balaban J connectivity index is 1.99. The summed E-state index contributed by atoms with van der Waals surface area (Å²) in [6.07, 6.45) is 4.33. The second-order valence-corrected chi connectivity index (χ2v) is 3.80. The highest BCUT2D eigenvalue weighted by molar-refractivity contribution is 5.33. The smallest absolute Gasteiger partial charge is 0.199 e. The molecule has 1 saturated heterocycles. The zero-order chi connectivity index (χ0) is 10.7. The molecule has 1 aromatic rings. The van der Waals surface area contributed by atoms with Crippen molar-refractivity contribution < 1.29 is 0 Å². The molecule has 0 atom stereocenters. The standard InChI is InChI=1S/C10H16N5/c1-13-5-7-15(8-6-13)14(2)10-3-4-11-9-12-10/h3-4H,5-8H2,1-2H3. The molecule has 1 aliphatic heterocycles. The molecule has 0 aliphatic carbocycles. The minimum atomic E-state index is 0.898. The number of aromatic nitrogens is 2. The van der Waals surface area contributed by atoms with Crippen molar-refractivity contribution in [3.05, 3.63) is 18.6 Å². The van der Waals surface area contributed by atoms with E-state index in [1.54, 1.807) is 6.20 Å². The Kier molecular flexibility index (Phi) is 3.13. The molecule has 1 aliphatic rings. The lowest BCUT2D eigenvalue weighted by Gasteiger charge is -2.38. The fraction of sp³-hybridized carbons (Fsp3) is 0.600. The van der Waals surface area contributed by atoms with Gasteiger partial charge in [0.15, 0.2) is 6.33 Å². The van der Waals surface area contributed by atoms with Gasteiger partial charge >= 0.3 is 0 Å². The summed E-state index contributed by atoms with van der Waals surface area (Å²) in [7, 11) is 4.18. The van der Waals surface area contributed by atoms with Crippen molar-refractivity contribution in [2.45, 2.75) is 0 Å². The Labute approximate surface area is 90.3 Å². The van der Waals surface area contributed by atoms with Crippen LogP contribution in [0.3, 0.4) is 0 Å². The van der Waals surface area contributed by atoms with Gasteiger partial charge < -0.3 is 4.90 Å². The van der Waals surface area contributed by atoms with E-state index in [9.17, 15) is 0 Å². The Morgan fingerprint density at radius 2 is 2.07 bits per heavy atom. The molecule has 1 radical (unpaired) electrons. The molecule has 1 aromatic heterocycles. The quantitative estimate of drug-likeness (QED) is 0.674. The van der Waals surface area contributed by atoms with Crippen LogP contribution in [0.25, 0.3) is 0 Å². The van der Waals surface area contributed by atoms with E-state index in [0.29, 0.717) is 0 Å². The van der Waals surface area contributed by atoms with E-state index in [2.05, 4.69) is 38.3 Å². The number of piperazine rings is 1. The Morgan fingerprint density at radius 3 is 2.67 bits per heavy atom. The molecule has 0 bridgehead atoms. The molecule has 0 amide bonds. The van der Waals surface area contributed by atoms with Crippen LogP contribution in [-0.2, 0) is 0 Å². The molecular weight excluding hydrogens is 190 g/mol. The highest BCUT2D eigenvalue weighted by Crippen LogP contribution is 2.10. The topological polar surface area (TPSA) is 35.5 Å². The summed E-state index contributed by atoms with van der Waals surface area (Å²) in [6, 6.07) is 1.90. The summed E-state index contributed by atoms with van der Waals surface area (Å²) >= 11 is 0. The highest BCUT2D eigenvalue weighted by Gasteiger charge is 2.18. The molecule has 0 unspecified atom stereocenters. The predicted molar refractivity (Wildman–Crippen MR) is 58.3 cm³/mol. The van der Waals surface area contributed by atoms with Gasteiger partial charge in [-0.3, -0.25) is 5.01 Å². The van der Waals surface area contributed by atoms with Crippen LogP contribution in [0.4, 0.5) is 5.82 Å². The van der Waals surface area contributed by atoms with Gasteiger partial charge in [0.25, 0.3) is 0 Å². The maximum absolute atomic E-state index is 4.11. The number of likely N-dealkylation sites (N-methyl/N-ethyl adjacent to an activating group) is 1. The van der Waals surface area contributed by atoms with E-state index < -0.39 is 0 Å². The van der Waals surface area contributed by atoms with Crippen LogP contribution in [0.2, 0.25) is 0 Å². The largest absolute Gasteiger partial charge is 0.304 e. The Morgan fingerprint density at radius 1 is 1.33 bits per heavy atom. The van der Waals surface area contributed by atoms with Gasteiger partial charge in [-0.15, -0.1) is 0 Å². The molecule has 81 valence electrons. The monoisotopic (exact) mass is 206 g/mol. The lowest BCUT2D eigenvalue weighted by atomic mass is 10.4. The van der Waals surface area contributed by atoms with Crippen molar-refractivity contribution >= 4 is 5.82 Å². The lowest BCUT2D eigenvalue weighted by molar-refractivity contribution is 0.147. The van der Waals surface area contributed by atoms with Crippen LogP contribution < -0.4 is 5.01 Å². The summed E-state index contributed by atoms with van der Waals surface area (Å²) in [6.45, 7) is 4.27.